The minimum Gasteiger partial charge on any atom is -0.497 e. The molecule has 3 rings (SSSR count). The van der Waals surface area contributed by atoms with Crippen LogP contribution in [0.15, 0.2) is 40.9 Å². The first-order valence-electron chi connectivity index (χ1n) is 5.76. The summed E-state index contributed by atoms with van der Waals surface area (Å²) in [5, 5.41) is 0. The van der Waals surface area contributed by atoms with Gasteiger partial charge in [-0.15, -0.1) is 0 Å². The zero-order valence-corrected chi connectivity index (χ0v) is 11.9. The van der Waals surface area contributed by atoms with E-state index < -0.39 is 0 Å². The zero-order valence-electron chi connectivity index (χ0n) is 10.3. The molecule has 0 unspecified atom stereocenters. The molecule has 1 aromatic heterocycles. The normalized spacial score (nSPS) is 10.8. The molecule has 5 heteroatoms. The predicted octanol–water partition coefficient (Wildman–Crippen LogP) is 3.58. The molecule has 0 amide bonds. The van der Waals surface area contributed by atoms with Gasteiger partial charge in [0.15, 0.2) is 0 Å². The third kappa shape index (κ3) is 2.17. The number of fused-ring (bicyclic) bond motifs is 1. The summed E-state index contributed by atoms with van der Waals surface area (Å²) in [5.41, 5.74) is 9.37. The molecule has 0 aliphatic heterocycles. The van der Waals surface area contributed by atoms with Gasteiger partial charge in [0.1, 0.15) is 11.6 Å². The number of nitrogens with zero attached hydrogens (tertiary/aromatic N) is 1. The third-order valence-corrected chi connectivity index (χ3v) is 3.68. The van der Waals surface area contributed by atoms with Crippen molar-refractivity contribution >= 4 is 32.7 Å². The maximum absolute atomic E-state index is 5.89. The van der Waals surface area contributed by atoms with Crippen LogP contribution in [-0.4, -0.2) is 17.1 Å². The topological polar surface area (TPSA) is 63.9 Å². The summed E-state index contributed by atoms with van der Waals surface area (Å²) in [6, 6.07) is 11.5. The highest BCUT2D eigenvalue weighted by molar-refractivity contribution is 9.10. The first-order valence-corrected chi connectivity index (χ1v) is 6.56. The number of H-pyrrole nitrogens is 1. The molecule has 0 aliphatic rings. The Morgan fingerprint density at radius 3 is 2.79 bits per heavy atom. The Balaban J connectivity index is 2.11. The Bertz CT molecular complexity index is 752. The van der Waals surface area contributed by atoms with Crippen molar-refractivity contribution in [2.75, 3.05) is 12.8 Å². The standard InChI is InChI=1S/C14H12BrN3O/c1-19-9-3-5-12-13(7-9)18-14(17-12)8-2-4-10(15)11(16)6-8/h2-7H,16H2,1H3,(H,17,18). The van der Waals surface area contributed by atoms with Crippen LogP contribution >= 0.6 is 15.9 Å². The molecule has 0 spiro atoms. The summed E-state index contributed by atoms with van der Waals surface area (Å²) in [7, 11) is 1.65. The van der Waals surface area contributed by atoms with Gasteiger partial charge in [-0.05, 0) is 46.3 Å². The lowest BCUT2D eigenvalue weighted by atomic mass is 10.2. The second kappa shape index (κ2) is 4.59. The Morgan fingerprint density at radius 2 is 2.05 bits per heavy atom. The Morgan fingerprint density at radius 1 is 1.21 bits per heavy atom. The van der Waals surface area contributed by atoms with Gasteiger partial charge in [-0.2, -0.15) is 0 Å². The number of aromatic amines is 1. The van der Waals surface area contributed by atoms with E-state index in [2.05, 4.69) is 25.9 Å². The van der Waals surface area contributed by atoms with E-state index in [0.29, 0.717) is 5.69 Å². The van der Waals surface area contributed by atoms with Crippen LogP contribution < -0.4 is 10.5 Å². The van der Waals surface area contributed by atoms with Crippen LogP contribution in [0.1, 0.15) is 0 Å². The summed E-state index contributed by atoms with van der Waals surface area (Å²) in [6.45, 7) is 0. The van der Waals surface area contributed by atoms with Gasteiger partial charge in [-0.1, -0.05) is 0 Å². The van der Waals surface area contributed by atoms with Gasteiger partial charge in [0, 0.05) is 21.8 Å². The van der Waals surface area contributed by atoms with E-state index >= 15 is 0 Å². The van der Waals surface area contributed by atoms with E-state index in [1.54, 1.807) is 7.11 Å². The molecule has 0 saturated carbocycles. The quantitative estimate of drug-likeness (QED) is 0.710. The number of nitrogens with two attached hydrogens (primary N) is 1. The maximum Gasteiger partial charge on any atom is 0.138 e. The highest BCUT2D eigenvalue weighted by Gasteiger charge is 2.07. The fourth-order valence-corrected chi connectivity index (χ4v) is 2.19. The van der Waals surface area contributed by atoms with Crippen molar-refractivity contribution in [2.24, 2.45) is 0 Å². The number of imidazole rings is 1. The van der Waals surface area contributed by atoms with Gasteiger partial charge in [-0.3, -0.25) is 0 Å². The highest BCUT2D eigenvalue weighted by Crippen LogP contribution is 2.27. The summed E-state index contributed by atoms with van der Waals surface area (Å²) < 4.78 is 6.08. The van der Waals surface area contributed by atoms with Crippen molar-refractivity contribution in [2.45, 2.75) is 0 Å². The number of anilines is 1. The maximum atomic E-state index is 5.89. The Labute approximate surface area is 118 Å². The number of benzene rings is 2. The molecule has 96 valence electrons. The van der Waals surface area contributed by atoms with Crippen LogP contribution in [0, 0.1) is 0 Å². The lowest BCUT2D eigenvalue weighted by molar-refractivity contribution is 0.415. The number of nitrogen functional groups attached to an aromatic ring is 1. The summed E-state index contributed by atoms with van der Waals surface area (Å²) in [5.74, 6) is 1.60. The molecule has 3 aromatic rings. The van der Waals surface area contributed by atoms with Crippen LogP contribution in [0.2, 0.25) is 0 Å². The van der Waals surface area contributed by atoms with Gasteiger partial charge in [-0.25, -0.2) is 4.98 Å². The first-order chi connectivity index (χ1) is 9.17. The van der Waals surface area contributed by atoms with Crippen molar-refractivity contribution in [3.8, 4) is 17.1 Å². The molecule has 0 radical (unpaired) electrons. The molecule has 0 atom stereocenters. The van der Waals surface area contributed by atoms with E-state index in [1.165, 1.54) is 0 Å². The van der Waals surface area contributed by atoms with Crippen LogP contribution in [0.3, 0.4) is 0 Å². The molecule has 0 bridgehead atoms. The largest absolute Gasteiger partial charge is 0.497 e. The molecule has 0 saturated heterocycles. The Hall–Kier alpha value is -2.01. The zero-order chi connectivity index (χ0) is 13.4. The minimum absolute atomic E-state index is 0.690. The minimum atomic E-state index is 0.690. The number of hydrogen-bond donors (Lipinski definition) is 2. The molecule has 3 N–H and O–H groups in total. The second-order valence-corrected chi connectivity index (χ2v) is 5.06. The molecular weight excluding hydrogens is 306 g/mol. The number of ether oxygens (including phenoxy) is 1. The predicted molar refractivity (Wildman–Crippen MR) is 80.2 cm³/mol. The van der Waals surface area contributed by atoms with E-state index in [-0.39, 0.29) is 0 Å². The number of aromatic nitrogens is 2. The molecule has 2 aromatic carbocycles. The van der Waals surface area contributed by atoms with Gasteiger partial charge >= 0.3 is 0 Å². The number of rotatable bonds is 2. The van der Waals surface area contributed by atoms with Gasteiger partial charge < -0.3 is 15.5 Å². The Kier molecular flexibility index (Phi) is 2.91. The van der Waals surface area contributed by atoms with E-state index in [9.17, 15) is 0 Å². The van der Waals surface area contributed by atoms with Crippen molar-refractivity contribution < 1.29 is 4.74 Å². The monoisotopic (exact) mass is 317 g/mol. The lowest BCUT2D eigenvalue weighted by Crippen LogP contribution is -1.88. The van der Waals surface area contributed by atoms with Crippen LogP contribution in [0.25, 0.3) is 22.4 Å². The number of halogens is 1. The smallest absolute Gasteiger partial charge is 0.138 e. The number of nitrogens with one attached hydrogen (secondary N) is 1. The van der Waals surface area contributed by atoms with Crippen LogP contribution in [0.4, 0.5) is 5.69 Å². The molecule has 0 aliphatic carbocycles. The van der Waals surface area contributed by atoms with Crippen molar-refractivity contribution in [1.82, 2.24) is 9.97 Å². The van der Waals surface area contributed by atoms with Crippen molar-refractivity contribution in [3.63, 3.8) is 0 Å². The molecule has 1 heterocycles. The first kappa shape index (κ1) is 12.0. The number of methoxy groups -OCH3 is 1. The number of hydrogen-bond acceptors (Lipinski definition) is 3. The fraction of sp³-hybridized carbons (Fsp3) is 0.0714. The van der Waals surface area contributed by atoms with Gasteiger partial charge in [0.25, 0.3) is 0 Å². The third-order valence-electron chi connectivity index (χ3n) is 2.96. The highest BCUT2D eigenvalue weighted by atomic mass is 79.9. The SMILES string of the molecule is COc1ccc2nc(-c3ccc(Br)c(N)c3)[nH]c2c1. The molecule has 4 nitrogen and oxygen atoms in total. The summed E-state index contributed by atoms with van der Waals surface area (Å²) in [4.78, 5) is 7.82. The van der Waals surface area contributed by atoms with Gasteiger partial charge in [0.05, 0.1) is 18.1 Å². The molecule has 0 fully saturated rings. The fourth-order valence-electron chi connectivity index (χ4n) is 1.94. The van der Waals surface area contributed by atoms with Gasteiger partial charge in [0.2, 0.25) is 0 Å². The summed E-state index contributed by atoms with van der Waals surface area (Å²) in [6.07, 6.45) is 0. The lowest BCUT2D eigenvalue weighted by Gasteiger charge is -2.00. The van der Waals surface area contributed by atoms with Crippen LogP contribution in [0.5, 0.6) is 5.75 Å². The van der Waals surface area contributed by atoms with E-state index in [0.717, 1.165) is 32.6 Å². The molecule has 19 heavy (non-hydrogen) atoms. The summed E-state index contributed by atoms with van der Waals surface area (Å²) >= 11 is 3.38. The van der Waals surface area contributed by atoms with Crippen LogP contribution in [-0.2, 0) is 0 Å². The van der Waals surface area contributed by atoms with E-state index in [1.807, 2.05) is 36.4 Å². The van der Waals surface area contributed by atoms with E-state index in [4.69, 9.17) is 10.5 Å². The van der Waals surface area contributed by atoms with Crippen molar-refractivity contribution in [1.29, 1.82) is 0 Å². The average molecular weight is 318 g/mol. The average Bonchev–Trinajstić information content (AvgIpc) is 2.84. The van der Waals surface area contributed by atoms with Crippen molar-refractivity contribution in [3.05, 3.63) is 40.9 Å². The second-order valence-electron chi connectivity index (χ2n) is 4.20. The molecular formula is C14H12BrN3O.